The van der Waals surface area contributed by atoms with Crippen molar-refractivity contribution in [3.05, 3.63) is 45.4 Å². The van der Waals surface area contributed by atoms with Crippen molar-refractivity contribution in [3.8, 4) is 5.75 Å². The van der Waals surface area contributed by atoms with E-state index in [4.69, 9.17) is 5.11 Å². The molecule has 0 saturated heterocycles. The highest BCUT2D eigenvalue weighted by Gasteiger charge is 2.24. The van der Waals surface area contributed by atoms with Gasteiger partial charge in [0.2, 0.25) is 0 Å². The van der Waals surface area contributed by atoms with Crippen molar-refractivity contribution >= 4 is 17.3 Å². The summed E-state index contributed by atoms with van der Waals surface area (Å²) in [5.41, 5.74) is 1.78. The smallest absolute Gasteiger partial charge is 0.355 e. The van der Waals surface area contributed by atoms with Crippen molar-refractivity contribution in [2.24, 2.45) is 0 Å². The van der Waals surface area contributed by atoms with E-state index in [2.05, 4.69) is 4.98 Å². The summed E-state index contributed by atoms with van der Waals surface area (Å²) < 4.78 is 0. The Bertz CT molecular complexity index is 637. The first-order chi connectivity index (χ1) is 9.40. The molecule has 6 heteroatoms. The van der Waals surface area contributed by atoms with Crippen LogP contribution in [0, 0.1) is 6.92 Å². The van der Waals surface area contributed by atoms with E-state index in [9.17, 15) is 9.90 Å². The molecule has 1 aromatic heterocycles. The molecular weight excluding hydrogens is 276 g/mol. The van der Waals surface area contributed by atoms with E-state index in [1.165, 1.54) is 16.7 Å². The van der Waals surface area contributed by atoms with Gasteiger partial charge in [0.05, 0.1) is 6.04 Å². The van der Waals surface area contributed by atoms with Gasteiger partial charge < -0.3 is 10.2 Å². The van der Waals surface area contributed by atoms with Crippen molar-refractivity contribution in [1.29, 1.82) is 0 Å². The molecule has 2 N–H and O–H groups in total. The van der Waals surface area contributed by atoms with Crippen molar-refractivity contribution in [2.75, 3.05) is 14.1 Å². The first kappa shape index (κ1) is 14.5. The average molecular weight is 292 g/mol. The van der Waals surface area contributed by atoms with E-state index in [0.717, 1.165) is 11.1 Å². The van der Waals surface area contributed by atoms with Crippen molar-refractivity contribution < 1.29 is 15.0 Å². The number of carboxylic acid groups (broad SMARTS) is 1. The first-order valence-electron chi connectivity index (χ1n) is 6.05. The van der Waals surface area contributed by atoms with Crippen molar-refractivity contribution in [3.63, 3.8) is 0 Å². The zero-order chi connectivity index (χ0) is 14.9. The van der Waals surface area contributed by atoms with Crippen LogP contribution in [0.2, 0.25) is 0 Å². The number of thiazole rings is 1. The molecule has 20 heavy (non-hydrogen) atoms. The van der Waals surface area contributed by atoms with E-state index in [1.807, 2.05) is 38.1 Å². The second-order valence-electron chi connectivity index (χ2n) is 4.80. The van der Waals surface area contributed by atoms with E-state index < -0.39 is 5.97 Å². The summed E-state index contributed by atoms with van der Waals surface area (Å²) in [6.07, 6.45) is 0. The van der Waals surface area contributed by atoms with E-state index in [0.29, 0.717) is 5.01 Å². The molecule has 2 aromatic rings. The fourth-order valence-corrected chi connectivity index (χ4v) is 3.04. The molecule has 2 rings (SSSR count). The van der Waals surface area contributed by atoms with Gasteiger partial charge in [-0.15, -0.1) is 11.3 Å². The summed E-state index contributed by atoms with van der Waals surface area (Å²) >= 11 is 1.28. The van der Waals surface area contributed by atoms with Crippen LogP contribution in [0.1, 0.15) is 32.7 Å². The Morgan fingerprint density at radius 3 is 2.65 bits per heavy atom. The lowest BCUT2D eigenvalue weighted by atomic mass is 10.0. The molecule has 1 aromatic carbocycles. The molecule has 1 atom stereocenters. The highest BCUT2D eigenvalue weighted by Crippen LogP contribution is 2.34. The van der Waals surface area contributed by atoms with Gasteiger partial charge in [-0.1, -0.05) is 17.7 Å². The molecule has 0 saturated carbocycles. The third kappa shape index (κ3) is 2.81. The summed E-state index contributed by atoms with van der Waals surface area (Å²) in [7, 11) is 3.74. The molecule has 0 radical (unpaired) electrons. The maximum absolute atomic E-state index is 10.9. The maximum Gasteiger partial charge on any atom is 0.355 e. The third-order valence-corrected chi connectivity index (χ3v) is 3.87. The molecule has 1 unspecified atom stereocenters. The van der Waals surface area contributed by atoms with E-state index in [-0.39, 0.29) is 17.5 Å². The molecule has 0 aliphatic rings. The van der Waals surface area contributed by atoms with Crippen LogP contribution in [0.4, 0.5) is 0 Å². The Hall–Kier alpha value is -1.92. The SMILES string of the molecule is Cc1ccc(O)c(C(c2nc(C(=O)O)cs2)N(C)C)c1. The molecule has 5 nitrogen and oxygen atoms in total. The first-order valence-corrected chi connectivity index (χ1v) is 6.92. The summed E-state index contributed by atoms with van der Waals surface area (Å²) in [6, 6.07) is 5.10. The highest BCUT2D eigenvalue weighted by molar-refractivity contribution is 7.10. The zero-order valence-electron chi connectivity index (χ0n) is 11.5. The quantitative estimate of drug-likeness (QED) is 0.905. The molecule has 0 fully saturated rings. The largest absolute Gasteiger partial charge is 0.508 e. The molecule has 0 amide bonds. The van der Waals surface area contributed by atoms with Gasteiger partial charge >= 0.3 is 5.97 Å². The second kappa shape index (κ2) is 5.60. The number of carboxylic acids is 1. The van der Waals surface area contributed by atoms with Gasteiger partial charge in [-0.3, -0.25) is 4.90 Å². The number of phenolic OH excluding ortho intramolecular Hbond substituents is 1. The highest BCUT2D eigenvalue weighted by atomic mass is 32.1. The molecule has 1 heterocycles. The van der Waals surface area contributed by atoms with Crippen molar-refractivity contribution in [1.82, 2.24) is 9.88 Å². The number of rotatable bonds is 4. The molecule has 106 valence electrons. The van der Waals surface area contributed by atoms with Gasteiger partial charge in [-0.2, -0.15) is 0 Å². The van der Waals surface area contributed by atoms with Crippen molar-refractivity contribution in [2.45, 2.75) is 13.0 Å². The van der Waals surface area contributed by atoms with Crippen LogP contribution in [0.25, 0.3) is 0 Å². The Balaban J connectivity index is 2.50. The zero-order valence-corrected chi connectivity index (χ0v) is 12.3. The molecule has 0 aliphatic heterocycles. The van der Waals surface area contributed by atoms with E-state index in [1.54, 1.807) is 6.07 Å². The lowest BCUT2D eigenvalue weighted by Gasteiger charge is -2.23. The average Bonchev–Trinajstić information content (AvgIpc) is 2.83. The van der Waals surface area contributed by atoms with Crippen LogP contribution < -0.4 is 0 Å². The number of aromatic hydroxyl groups is 1. The fraction of sp³-hybridized carbons (Fsp3) is 0.286. The monoisotopic (exact) mass is 292 g/mol. The maximum atomic E-state index is 10.9. The minimum Gasteiger partial charge on any atom is -0.508 e. The standard InChI is InChI=1S/C14H16N2O3S/c1-8-4-5-11(17)9(6-8)12(16(2)3)13-15-10(7-20-13)14(18)19/h4-7,12,17H,1-3H3,(H,18,19). The fourth-order valence-electron chi connectivity index (χ4n) is 2.04. The van der Waals surface area contributed by atoms with Crippen LogP contribution in [0.3, 0.4) is 0 Å². The molecule has 0 aliphatic carbocycles. The van der Waals surface area contributed by atoms with E-state index >= 15 is 0 Å². The van der Waals surface area contributed by atoms with Gasteiger partial charge in [0.15, 0.2) is 5.69 Å². The van der Waals surface area contributed by atoms with Gasteiger partial charge in [0.1, 0.15) is 10.8 Å². The second-order valence-corrected chi connectivity index (χ2v) is 5.69. The lowest BCUT2D eigenvalue weighted by Crippen LogP contribution is -2.21. The minimum absolute atomic E-state index is 0.0315. The number of aryl methyl sites for hydroxylation is 1. The van der Waals surface area contributed by atoms with Crippen LogP contribution in [0.5, 0.6) is 5.75 Å². The summed E-state index contributed by atoms with van der Waals surface area (Å²) in [5, 5.41) is 21.2. The number of hydrogen-bond acceptors (Lipinski definition) is 5. The molecule has 0 spiro atoms. The molecule has 0 bridgehead atoms. The minimum atomic E-state index is -1.04. The Morgan fingerprint density at radius 1 is 1.40 bits per heavy atom. The number of aromatic nitrogens is 1. The Morgan fingerprint density at radius 2 is 2.10 bits per heavy atom. The van der Waals surface area contributed by atoms with Gasteiger partial charge in [-0.25, -0.2) is 9.78 Å². The third-order valence-electron chi connectivity index (χ3n) is 2.97. The van der Waals surface area contributed by atoms with Gasteiger partial charge in [0, 0.05) is 10.9 Å². The number of benzene rings is 1. The van der Waals surface area contributed by atoms with Gasteiger partial charge in [-0.05, 0) is 27.1 Å². The van der Waals surface area contributed by atoms with Crippen LogP contribution in [-0.2, 0) is 0 Å². The number of hydrogen-bond donors (Lipinski definition) is 2. The van der Waals surface area contributed by atoms with Crippen LogP contribution in [-0.4, -0.2) is 40.2 Å². The number of carbonyl (C=O) groups is 1. The predicted molar refractivity (Wildman–Crippen MR) is 77.4 cm³/mol. The topological polar surface area (TPSA) is 73.7 Å². The summed E-state index contributed by atoms with van der Waals surface area (Å²) in [6.45, 7) is 1.94. The Kier molecular flexibility index (Phi) is 4.06. The Labute approximate surface area is 121 Å². The van der Waals surface area contributed by atoms with Crippen LogP contribution in [0.15, 0.2) is 23.6 Å². The number of nitrogens with zero attached hydrogens (tertiary/aromatic N) is 2. The normalized spacial score (nSPS) is 12.6. The lowest BCUT2D eigenvalue weighted by molar-refractivity contribution is 0.0691. The summed E-state index contributed by atoms with van der Waals surface area (Å²) in [5.74, 6) is -0.861. The van der Waals surface area contributed by atoms with Crippen LogP contribution >= 0.6 is 11.3 Å². The molecular formula is C14H16N2O3S. The number of aromatic carboxylic acids is 1. The predicted octanol–water partition coefficient (Wildman–Crippen LogP) is 2.51. The van der Waals surface area contributed by atoms with Gasteiger partial charge in [0.25, 0.3) is 0 Å². The summed E-state index contributed by atoms with van der Waals surface area (Å²) in [4.78, 5) is 17.0. The number of phenols is 1.